The van der Waals surface area contributed by atoms with Crippen molar-refractivity contribution in [1.82, 2.24) is 0 Å². The van der Waals surface area contributed by atoms with Gasteiger partial charge in [-0.25, -0.2) is 0 Å². The van der Waals surface area contributed by atoms with Crippen LogP contribution in [0.5, 0.6) is 0 Å². The number of hydrogen-bond acceptors (Lipinski definition) is 4. The van der Waals surface area contributed by atoms with Crippen LogP contribution in [0.3, 0.4) is 0 Å². The summed E-state index contributed by atoms with van der Waals surface area (Å²) < 4.78 is 2.55. The van der Waals surface area contributed by atoms with E-state index < -0.39 is 13.9 Å². The monoisotopic (exact) mass is 376 g/mol. The predicted octanol–water partition coefficient (Wildman–Crippen LogP) is 2.32. The summed E-state index contributed by atoms with van der Waals surface area (Å²) in [6.45, 7) is 0.523. The van der Waals surface area contributed by atoms with Crippen LogP contribution in [0.4, 0.5) is 11.4 Å². The molecule has 0 saturated heterocycles. The average molecular weight is 375 g/mol. The first kappa shape index (κ1) is 15.7. The van der Waals surface area contributed by atoms with Crippen LogP contribution < -0.4 is 15.9 Å². The SMILES string of the molecule is C[Se]1C(c2ccc(N)cc2)=C(CCN)c2cc([N+](=O)[O-])ccc21. The van der Waals surface area contributed by atoms with E-state index in [9.17, 15) is 10.1 Å². The van der Waals surface area contributed by atoms with Crippen LogP contribution >= 0.6 is 0 Å². The van der Waals surface area contributed by atoms with Gasteiger partial charge < -0.3 is 0 Å². The summed E-state index contributed by atoms with van der Waals surface area (Å²) >= 11 is -1.23. The molecule has 0 unspecified atom stereocenters. The zero-order chi connectivity index (χ0) is 16.6. The summed E-state index contributed by atoms with van der Waals surface area (Å²) in [6.07, 6.45) is 0.724. The van der Waals surface area contributed by atoms with Crippen molar-refractivity contribution >= 4 is 39.8 Å². The Morgan fingerprint density at radius 1 is 1.17 bits per heavy atom. The third-order valence-corrected chi connectivity index (χ3v) is 8.40. The second-order valence-corrected chi connectivity index (χ2v) is 9.34. The molecule has 0 aromatic heterocycles. The van der Waals surface area contributed by atoms with Crippen LogP contribution in [-0.2, 0) is 0 Å². The first-order valence-corrected chi connectivity index (χ1v) is 10.7. The number of nitro benzene ring substituents is 1. The summed E-state index contributed by atoms with van der Waals surface area (Å²) in [5.74, 6) is 2.25. The van der Waals surface area contributed by atoms with Gasteiger partial charge in [-0.3, -0.25) is 0 Å². The van der Waals surface area contributed by atoms with Crippen LogP contribution in [0.15, 0.2) is 42.5 Å². The van der Waals surface area contributed by atoms with Gasteiger partial charge in [0.15, 0.2) is 0 Å². The molecule has 1 heterocycles. The Bertz CT molecular complexity index is 800. The van der Waals surface area contributed by atoms with Crippen molar-refractivity contribution in [2.24, 2.45) is 5.73 Å². The zero-order valence-electron chi connectivity index (χ0n) is 12.8. The van der Waals surface area contributed by atoms with Crippen LogP contribution in [0.1, 0.15) is 17.5 Å². The van der Waals surface area contributed by atoms with Crippen molar-refractivity contribution in [3.63, 3.8) is 0 Å². The number of anilines is 1. The molecule has 119 valence electrons. The molecule has 2 aromatic rings. The Morgan fingerprint density at radius 3 is 2.48 bits per heavy atom. The third kappa shape index (κ3) is 2.77. The van der Waals surface area contributed by atoms with Crippen molar-refractivity contribution in [3.05, 3.63) is 63.7 Å². The van der Waals surface area contributed by atoms with Gasteiger partial charge in [-0.05, 0) is 0 Å². The van der Waals surface area contributed by atoms with Crippen LogP contribution in [0, 0.1) is 10.1 Å². The molecule has 0 spiro atoms. The van der Waals surface area contributed by atoms with Crippen LogP contribution in [-0.4, -0.2) is 25.4 Å². The summed E-state index contributed by atoms with van der Waals surface area (Å²) in [4.78, 5) is 10.8. The molecule has 1 aliphatic heterocycles. The van der Waals surface area contributed by atoms with E-state index in [1.807, 2.05) is 30.3 Å². The molecule has 1 aliphatic rings. The molecule has 5 nitrogen and oxygen atoms in total. The van der Waals surface area contributed by atoms with E-state index >= 15 is 0 Å². The molecule has 0 atom stereocenters. The molecule has 0 fully saturated rings. The molecule has 2 aromatic carbocycles. The Labute approximate surface area is 139 Å². The Morgan fingerprint density at radius 2 is 1.87 bits per heavy atom. The van der Waals surface area contributed by atoms with Gasteiger partial charge in [0.25, 0.3) is 0 Å². The molecule has 1 radical (unpaired) electrons. The average Bonchev–Trinajstić information content (AvgIpc) is 2.81. The zero-order valence-corrected chi connectivity index (χ0v) is 14.5. The molecule has 0 bridgehead atoms. The van der Waals surface area contributed by atoms with E-state index in [2.05, 4.69) is 5.82 Å². The minimum absolute atomic E-state index is 0.135. The molecule has 3 rings (SSSR count). The molecular weight excluding hydrogens is 357 g/mol. The number of rotatable bonds is 4. The maximum absolute atomic E-state index is 11.1. The molecule has 0 aliphatic carbocycles. The van der Waals surface area contributed by atoms with Gasteiger partial charge in [0, 0.05) is 0 Å². The predicted molar refractivity (Wildman–Crippen MR) is 95.7 cm³/mol. The van der Waals surface area contributed by atoms with Crippen molar-refractivity contribution in [2.75, 3.05) is 12.3 Å². The van der Waals surface area contributed by atoms with Gasteiger partial charge in [-0.1, -0.05) is 0 Å². The molecule has 4 N–H and O–H groups in total. The fraction of sp³-hybridized carbons (Fsp3) is 0.176. The van der Waals surface area contributed by atoms with Gasteiger partial charge in [0.1, 0.15) is 0 Å². The van der Waals surface area contributed by atoms with Gasteiger partial charge in [-0.15, -0.1) is 0 Å². The van der Waals surface area contributed by atoms with Crippen molar-refractivity contribution in [1.29, 1.82) is 0 Å². The summed E-state index contributed by atoms with van der Waals surface area (Å²) in [6, 6.07) is 13.1. The molecule has 0 saturated carbocycles. The summed E-state index contributed by atoms with van der Waals surface area (Å²) in [7, 11) is 0. The van der Waals surface area contributed by atoms with Crippen LogP contribution in [0.25, 0.3) is 10.0 Å². The van der Waals surface area contributed by atoms with E-state index in [1.165, 1.54) is 8.93 Å². The number of fused-ring (bicyclic) bond motifs is 1. The number of hydrogen-bond donors (Lipinski definition) is 2. The fourth-order valence-corrected chi connectivity index (χ4v) is 7.28. The van der Waals surface area contributed by atoms with Gasteiger partial charge in [0.05, 0.1) is 0 Å². The molecule has 6 heteroatoms. The van der Waals surface area contributed by atoms with Gasteiger partial charge in [0.2, 0.25) is 0 Å². The standard InChI is InChI=1S/C17H18N3O2Se/c1-23-16-7-6-13(20(21)22)10-15(16)14(8-9-18)17(23)11-2-4-12(19)5-3-11/h2-7,10H,8-9,18-19H2,1H3. The van der Waals surface area contributed by atoms with Gasteiger partial charge >= 0.3 is 139 Å². The van der Waals surface area contributed by atoms with Crippen molar-refractivity contribution in [3.8, 4) is 0 Å². The first-order valence-electron chi connectivity index (χ1n) is 7.27. The number of nitrogen functional groups attached to an aromatic ring is 1. The topological polar surface area (TPSA) is 95.2 Å². The number of non-ortho nitro benzene ring substituents is 1. The van der Waals surface area contributed by atoms with E-state index in [0.29, 0.717) is 6.54 Å². The summed E-state index contributed by atoms with van der Waals surface area (Å²) in [5, 5.41) is 11.1. The van der Waals surface area contributed by atoms with E-state index in [4.69, 9.17) is 11.5 Å². The molecular formula is C17H18N3O2Se. The number of nitrogens with zero attached hydrogens (tertiary/aromatic N) is 1. The maximum atomic E-state index is 11.1. The van der Waals surface area contributed by atoms with Gasteiger partial charge in [-0.2, -0.15) is 0 Å². The minimum atomic E-state index is -1.23. The Balaban J connectivity index is 2.18. The number of nitrogens with two attached hydrogens (primary N) is 2. The second-order valence-electron chi connectivity index (χ2n) is 5.42. The molecule has 0 amide bonds. The molecule has 23 heavy (non-hydrogen) atoms. The third-order valence-electron chi connectivity index (χ3n) is 3.98. The Hall–Kier alpha value is -2.14. The number of benzene rings is 2. The first-order chi connectivity index (χ1) is 11.0. The quantitative estimate of drug-likeness (QED) is 0.371. The van der Waals surface area contributed by atoms with E-state index in [1.54, 1.807) is 12.1 Å². The van der Waals surface area contributed by atoms with Crippen molar-refractivity contribution < 1.29 is 4.92 Å². The van der Waals surface area contributed by atoms with Crippen molar-refractivity contribution in [2.45, 2.75) is 12.2 Å². The number of nitro groups is 1. The summed E-state index contributed by atoms with van der Waals surface area (Å²) in [5.41, 5.74) is 15.8. The normalized spacial score (nSPS) is 14.2. The fourth-order valence-electron chi connectivity index (χ4n) is 2.93. The second kappa shape index (κ2) is 6.16. The van der Waals surface area contributed by atoms with E-state index in [0.717, 1.165) is 28.8 Å². The van der Waals surface area contributed by atoms with E-state index in [-0.39, 0.29) is 10.6 Å². The van der Waals surface area contributed by atoms with Crippen LogP contribution in [0.2, 0.25) is 5.82 Å². The Kier molecular flexibility index (Phi) is 4.22.